The third-order valence-electron chi connectivity index (χ3n) is 8.30. The molecule has 3 amide bonds. The highest BCUT2D eigenvalue weighted by Crippen LogP contribution is 2.45. The van der Waals surface area contributed by atoms with Gasteiger partial charge in [0.1, 0.15) is 6.04 Å². The van der Waals surface area contributed by atoms with E-state index in [2.05, 4.69) is 16.0 Å². The molecule has 5 rings (SSSR count). The molecular weight excluding hydrogens is 462 g/mol. The monoisotopic (exact) mass is 499 g/mol. The molecule has 1 aromatic carbocycles. The summed E-state index contributed by atoms with van der Waals surface area (Å²) in [4.78, 5) is 38.9. The topological polar surface area (TPSA) is 115 Å². The van der Waals surface area contributed by atoms with Gasteiger partial charge in [0.2, 0.25) is 11.8 Å². The van der Waals surface area contributed by atoms with E-state index >= 15 is 0 Å². The zero-order valence-electron chi connectivity index (χ0n) is 20.8. The van der Waals surface area contributed by atoms with Gasteiger partial charge < -0.3 is 30.2 Å². The number of amides is 3. The molecule has 0 radical (unpaired) electrons. The van der Waals surface area contributed by atoms with Crippen molar-refractivity contribution in [3.63, 3.8) is 0 Å². The lowest BCUT2D eigenvalue weighted by Gasteiger charge is -2.31. The van der Waals surface area contributed by atoms with Crippen LogP contribution >= 0.6 is 0 Å². The lowest BCUT2D eigenvalue weighted by Crippen LogP contribution is -2.49. The number of carbonyl (C=O) groups excluding carboxylic acids is 3. The van der Waals surface area contributed by atoms with Crippen LogP contribution in [-0.4, -0.2) is 57.0 Å². The lowest BCUT2D eigenvalue weighted by atomic mass is 9.75. The molecule has 1 spiro atoms. The van der Waals surface area contributed by atoms with Crippen molar-refractivity contribution in [3.05, 3.63) is 23.8 Å². The van der Waals surface area contributed by atoms with Gasteiger partial charge in [-0.1, -0.05) is 25.3 Å². The first-order valence-corrected chi connectivity index (χ1v) is 13.4. The molecule has 1 atom stereocenters. The number of carbonyl (C=O) groups is 3. The van der Waals surface area contributed by atoms with Crippen LogP contribution in [0, 0.1) is 11.8 Å². The number of nitrogens with one attached hydrogen (secondary N) is 3. The van der Waals surface area contributed by atoms with Crippen LogP contribution in [0.3, 0.4) is 0 Å². The third kappa shape index (κ3) is 5.37. The highest BCUT2D eigenvalue weighted by Gasteiger charge is 2.47. The SMILES string of the molecule is O=C(NC(C(=O)Nc1ccc2c(c1)NC(=O)C21CCOCC1)C1CCCCC1)OCC1CCOCC1. The molecule has 3 heterocycles. The molecule has 3 aliphatic heterocycles. The second-order valence-corrected chi connectivity index (χ2v) is 10.6. The van der Waals surface area contributed by atoms with Crippen molar-refractivity contribution in [2.24, 2.45) is 11.8 Å². The van der Waals surface area contributed by atoms with Crippen LogP contribution < -0.4 is 16.0 Å². The first-order valence-electron chi connectivity index (χ1n) is 13.4. The molecule has 9 nitrogen and oxygen atoms in total. The summed E-state index contributed by atoms with van der Waals surface area (Å²) in [5.74, 6) is 0.106. The Morgan fingerprint density at radius 1 is 1.03 bits per heavy atom. The Hall–Kier alpha value is -2.65. The van der Waals surface area contributed by atoms with E-state index in [0.717, 1.165) is 56.2 Å². The lowest BCUT2D eigenvalue weighted by molar-refractivity contribution is -0.124. The van der Waals surface area contributed by atoms with Gasteiger partial charge in [-0.2, -0.15) is 0 Å². The van der Waals surface area contributed by atoms with E-state index in [1.54, 1.807) is 0 Å². The van der Waals surface area contributed by atoms with Gasteiger partial charge in [-0.05, 0) is 68.1 Å². The molecule has 0 aromatic heterocycles. The molecule has 1 aromatic rings. The fourth-order valence-corrected chi connectivity index (χ4v) is 6.08. The van der Waals surface area contributed by atoms with Crippen molar-refractivity contribution >= 4 is 29.3 Å². The Kier molecular flexibility index (Phi) is 7.76. The molecule has 36 heavy (non-hydrogen) atoms. The summed E-state index contributed by atoms with van der Waals surface area (Å²) in [7, 11) is 0. The van der Waals surface area contributed by atoms with Crippen molar-refractivity contribution in [2.45, 2.75) is 69.2 Å². The zero-order chi connectivity index (χ0) is 25.0. The average Bonchev–Trinajstić information content (AvgIpc) is 3.17. The maximum Gasteiger partial charge on any atom is 0.407 e. The van der Waals surface area contributed by atoms with Crippen molar-refractivity contribution in [3.8, 4) is 0 Å². The van der Waals surface area contributed by atoms with Crippen LogP contribution in [-0.2, 0) is 29.2 Å². The Morgan fingerprint density at radius 3 is 2.50 bits per heavy atom. The van der Waals surface area contributed by atoms with Crippen LogP contribution in [0.15, 0.2) is 18.2 Å². The maximum atomic E-state index is 13.4. The number of hydrogen-bond acceptors (Lipinski definition) is 6. The van der Waals surface area contributed by atoms with Gasteiger partial charge in [0.15, 0.2) is 0 Å². The fraction of sp³-hybridized carbons (Fsp3) is 0.667. The normalized spacial score (nSPS) is 22.9. The number of fused-ring (bicyclic) bond motifs is 2. The summed E-state index contributed by atoms with van der Waals surface area (Å²) in [6, 6.07) is 4.92. The summed E-state index contributed by atoms with van der Waals surface area (Å²) >= 11 is 0. The first kappa shape index (κ1) is 25.0. The summed E-state index contributed by atoms with van der Waals surface area (Å²) in [5, 5.41) is 8.85. The van der Waals surface area contributed by atoms with E-state index in [4.69, 9.17) is 14.2 Å². The van der Waals surface area contributed by atoms with E-state index in [1.807, 2.05) is 18.2 Å². The zero-order valence-corrected chi connectivity index (χ0v) is 20.8. The maximum absolute atomic E-state index is 13.4. The second kappa shape index (κ2) is 11.2. The quantitative estimate of drug-likeness (QED) is 0.550. The number of anilines is 2. The summed E-state index contributed by atoms with van der Waals surface area (Å²) < 4.78 is 16.3. The van der Waals surface area contributed by atoms with Crippen LogP contribution in [0.1, 0.15) is 63.4 Å². The molecule has 1 saturated carbocycles. The summed E-state index contributed by atoms with van der Waals surface area (Å²) in [6.45, 7) is 2.85. The minimum Gasteiger partial charge on any atom is -0.449 e. The second-order valence-electron chi connectivity index (χ2n) is 10.6. The van der Waals surface area contributed by atoms with Crippen molar-refractivity contribution in [1.29, 1.82) is 0 Å². The molecule has 9 heteroatoms. The molecule has 2 saturated heterocycles. The van der Waals surface area contributed by atoms with Crippen molar-refractivity contribution in [2.75, 3.05) is 43.7 Å². The van der Waals surface area contributed by atoms with E-state index in [9.17, 15) is 14.4 Å². The van der Waals surface area contributed by atoms with Crippen LogP contribution in [0.4, 0.5) is 16.2 Å². The highest BCUT2D eigenvalue weighted by atomic mass is 16.5. The summed E-state index contributed by atoms with van der Waals surface area (Å²) in [5.41, 5.74) is 1.75. The van der Waals surface area contributed by atoms with Gasteiger partial charge in [-0.15, -0.1) is 0 Å². The van der Waals surface area contributed by atoms with Gasteiger partial charge >= 0.3 is 6.09 Å². The number of benzene rings is 1. The highest BCUT2D eigenvalue weighted by molar-refractivity contribution is 6.07. The van der Waals surface area contributed by atoms with E-state index in [1.165, 1.54) is 0 Å². The largest absolute Gasteiger partial charge is 0.449 e. The van der Waals surface area contributed by atoms with Crippen LogP contribution in [0.5, 0.6) is 0 Å². The molecular formula is C27H37N3O6. The fourth-order valence-electron chi connectivity index (χ4n) is 6.08. The van der Waals surface area contributed by atoms with E-state index < -0.39 is 17.6 Å². The Labute approximate surface area is 212 Å². The van der Waals surface area contributed by atoms with Crippen LogP contribution in [0.25, 0.3) is 0 Å². The average molecular weight is 500 g/mol. The Morgan fingerprint density at radius 2 is 1.75 bits per heavy atom. The summed E-state index contributed by atoms with van der Waals surface area (Å²) in [6.07, 6.45) is 7.54. The minimum absolute atomic E-state index is 0.00157. The molecule has 1 unspecified atom stereocenters. The standard InChI is InChI=1S/C27H37N3O6/c31-24(28-20-6-7-21-22(16-20)29-25(32)27(21)10-14-35-15-11-27)23(19-4-2-1-3-5-19)30-26(33)36-17-18-8-12-34-13-9-18/h6-7,16,18-19,23H,1-5,8-15,17H2,(H,28,31)(H,29,32)(H,30,33). The van der Waals surface area contributed by atoms with Gasteiger partial charge in [-0.25, -0.2) is 4.79 Å². The predicted octanol–water partition coefficient (Wildman–Crippen LogP) is 3.73. The molecule has 196 valence electrons. The van der Waals surface area contributed by atoms with Crippen molar-refractivity contribution < 1.29 is 28.6 Å². The molecule has 4 aliphatic rings. The Bertz CT molecular complexity index is 964. The smallest absolute Gasteiger partial charge is 0.407 e. The van der Waals surface area contributed by atoms with Gasteiger partial charge in [-0.3, -0.25) is 9.59 Å². The van der Waals surface area contributed by atoms with E-state index in [0.29, 0.717) is 57.5 Å². The van der Waals surface area contributed by atoms with Crippen molar-refractivity contribution in [1.82, 2.24) is 5.32 Å². The predicted molar refractivity (Wildman–Crippen MR) is 134 cm³/mol. The molecule has 1 aliphatic carbocycles. The number of rotatable bonds is 6. The van der Waals surface area contributed by atoms with E-state index in [-0.39, 0.29) is 17.7 Å². The first-order chi connectivity index (χ1) is 17.5. The minimum atomic E-state index is -0.669. The third-order valence-corrected chi connectivity index (χ3v) is 8.30. The molecule has 3 fully saturated rings. The van der Waals surface area contributed by atoms with Gasteiger partial charge in [0.25, 0.3) is 0 Å². The Balaban J connectivity index is 1.25. The number of hydrogen-bond donors (Lipinski definition) is 3. The molecule has 0 bridgehead atoms. The van der Waals surface area contributed by atoms with Gasteiger partial charge in [0, 0.05) is 37.8 Å². The van der Waals surface area contributed by atoms with Crippen LogP contribution in [0.2, 0.25) is 0 Å². The van der Waals surface area contributed by atoms with Gasteiger partial charge in [0.05, 0.1) is 12.0 Å². The number of ether oxygens (including phenoxy) is 3. The number of alkyl carbamates (subject to hydrolysis) is 1. The molecule has 3 N–H and O–H groups in total.